The molecule has 5 heteroatoms. The van der Waals surface area contributed by atoms with Crippen molar-refractivity contribution in [1.29, 1.82) is 0 Å². The van der Waals surface area contributed by atoms with Gasteiger partial charge in [0, 0.05) is 30.9 Å². The minimum Gasteiger partial charge on any atom is -0.338 e. The first-order chi connectivity index (χ1) is 13.2. The lowest BCUT2D eigenvalue weighted by atomic mass is 10.00. The molecule has 1 aliphatic rings. The number of carbonyl (C=O) groups excluding carboxylic acids is 2. The summed E-state index contributed by atoms with van der Waals surface area (Å²) < 4.78 is 0. The molecular formula is C22H27N3O2. The van der Waals surface area contributed by atoms with Crippen molar-refractivity contribution >= 4 is 23.3 Å². The fraction of sp³-hybridized carbons (Fsp3) is 0.364. The lowest BCUT2D eigenvalue weighted by molar-refractivity contribution is -0.118. The number of amides is 3. The standard InChI is InChI=1S/C22H27N3O2/c1-2-3-15-25-20-11-10-19(16-18(20)9-12-21(25)26)24-22(27)23-14-13-17-7-5-4-6-8-17/h4-8,10-11,16H,2-3,9,12-15H2,1H3,(H2,23,24,27). The van der Waals surface area contributed by atoms with Gasteiger partial charge >= 0.3 is 6.03 Å². The Hall–Kier alpha value is -2.82. The van der Waals surface area contributed by atoms with Gasteiger partial charge in [-0.1, -0.05) is 43.7 Å². The summed E-state index contributed by atoms with van der Waals surface area (Å²) in [5.74, 6) is 0.190. The number of nitrogens with one attached hydrogen (secondary N) is 2. The highest BCUT2D eigenvalue weighted by atomic mass is 16.2. The zero-order valence-corrected chi connectivity index (χ0v) is 15.8. The van der Waals surface area contributed by atoms with Crippen LogP contribution in [0.5, 0.6) is 0 Å². The van der Waals surface area contributed by atoms with Crippen LogP contribution in [0.15, 0.2) is 48.5 Å². The third kappa shape index (κ3) is 5.09. The first-order valence-corrected chi connectivity index (χ1v) is 9.69. The van der Waals surface area contributed by atoms with E-state index in [4.69, 9.17) is 0 Å². The van der Waals surface area contributed by atoms with E-state index in [2.05, 4.69) is 29.7 Å². The van der Waals surface area contributed by atoms with Crippen molar-refractivity contribution in [2.24, 2.45) is 0 Å². The van der Waals surface area contributed by atoms with Gasteiger partial charge in [-0.05, 0) is 48.6 Å². The van der Waals surface area contributed by atoms with Crippen LogP contribution in [0.25, 0.3) is 0 Å². The first-order valence-electron chi connectivity index (χ1n) is 9.69. The number of fused-ring (bicyclic) bond motifs is 1. The third-order valence-corrected chi connectivity index (χ3v) is 4.81. The van der Waals surface area contributed by atoms with E-state index in [0.717, 1.165) is 49.2 Å². The van der Waals surface area contributed by atoms with E-state index < -0.39 is 0 Å². The van der Waals surface area contributed by atoms with Crippen molar-refractivity contribution in [3.8, 4) is 0 Å². The van der Waals surface area contributed by atoms with Crippen molar-refractivity contribution in [1.82, 2.24) is 5.32 Å². The molecule has 1 heterocycles. The minimum atomic E-state index is -0.208. The van der Waals surface area contributed by atoms with E-state index in [9.17, 15) is 9.59 Å². The van der Waals surface area contributed by atoms with Crippen LogP contribution in [0.4, 0.5) is 16.2 Å². The largest absolute Gasteiger partial charge is 0.338 e. The summed E-state index contributed by atoms with van der Waals surface area (Å²) in [6.45, 7) is 3.47. The summed E-state index contributed by atoms with van der Waals surface area (Å²) in [5.41, 5.74) is 4.06. The van der Waals surface area contributed by atoms with Gasteiger partial charge in [0.1, 0.15) is 0 Å². The van der Waals surface area contributed by atoms with Crippen molar-refractivity contribution < 1.29 is 9.59 Å². The van der Waals surface area contributed by atoms with Gasteiger partial charge in [0.25, 0.3) is 0 Å². The van der Waals surface area contributed by atoms with E-state index >= 15 is 0 Å². The number of anilines is 2. The SMILES string of the molecule is CCCCN1C(=O)CCc2cc(NC(=O)NCCc3ccccc3)ccc21. The molecule has 0 radical (unpaired) electrons. The number of benzene rings is 2. The molecule has 0 bridgehead atoms. The Labute approximate surface area is 160 Å². The Morgan fingerprint density at radius 2 is 1.93 bits per heavy atom. The normalized spacial score (nSPS) is 13.2. The van der Waals surface area contributed by atoms with Crippen molar-refractivity contribution in [3.05, 3.63) is 59.7 Å². The number of aryl methyl sites for hydroxylation is 1. The number of rotatable bonds is 7. The van der Waals surface area contributed by atoms with Gasteiger partial charge in [0.15, 0.2) is 0 Å². The maximum atomic E-state index is 12.2. The molecule has 0 aromatic heterocycles. The predicted octanol–water partition coefficient (Wildman–Crippen LogP) is 4.13. The van der Waals surface area contributed by atoms with Gasteiger partial charge < -0.3 is 15.5 Å². The molecule has 5 nitrogen and oxygen atoms in total. The van der Waals surface area contributed by atoms with Crippen LogP contribution in [-0.2, 0) is 17.6 Å². The Balaban J connectivity index is 1.56. The molecule has 27 heavy (non-hydrogen) atoms. The van der Waals surface area contributed by atoms with Gasteiger partial charge in [0.2, 0.25) is 5.91 Å². The Kier molecular flexibility index (Phi) is 6.47. The number of hydrogen-bond acceptors (Lipinski definition) is 2. The zero-order valence-electron chi connectivity index (χ0n) is 15.8. The number of hydrogen-bond donors (Lipinski definition) is 2. The van der Waals surface area contributed by atoms with Gasteiger partial charge in [-0.2, -0.15) is 0 Å². The van der Waals surface area contributed by atoms with E-state index in [0.29, 0.717) is 13.0 Å². The van der Waals surface area contributed by atoms with E-state index in [1.165, 1.54) is 5.56 Å². The van der Waals surface area contributed by atoms with Crippen molar-refractivity contribution in [2.45, 2.75) is 39.0 Å². The average molecular weight is 365 g/mol. The molecule has 0 atom stereocenters. The van der Waals surface area contributed by atoms with E-state index in [1.807, 2.05) is 41.3 Å². The van der Waals surface area contributed by atoms with Gasteiger partial charge in [-0.15, -0.1) is 0 Å². The molecule has 0 unspecified atom stereocenters. The Morgan fingerprint density at radius 3 is 2.70 bits per heavy atom. The summed E-state index contributed by atoms with van der Waals surface area (Å²) in [7, 11) is 0. The van der Waals surface area contributed by atoms with Crippen LogP contribution in [0.2, 0.25) is 0 Å². The second-order valence-corrected chi connectivity index (χ2v) is 6.86. The Morgan fingerprint density at radius 1 is 1.11 bits per heavy atom. The number of carbonyl (C=O) groups is 2. The second kappa shape index (κ2) is 9.21. The molecule has 3 amide bonds. The van der Waals surface area contributed by atoms with Crippen LogP contribution in [0.3, 0.4) is 0 Å². The third-order valence-electron chi connectivity index (χ3n) is 4.81. The molecule has 0 fully saturated rings. The molecule has 0 spiro atoms. The molecule has 2 aromatic carbocycles. The summed E-state index contributed by atoms with van der Waals surface area (Å²) >= 11 is 0. The van der Waals surface area contributed by atoms with Crippen LogP contribution in [-0.4, -0.2) is 25.0 Å². The van der Waals surface area contributed by atoms with Crippen LogP contribution >= 0.6 is 0 Å². The lowest BCUT2D eigenvalue weighted by Gasteiger charge is -2.29. The molecule has 2 N–H and O–H groups in total. The highest BCUT2D eigenvalue weighted by Crippen LogP contribution is 2.30. The van der Waals surface area contributed by atoms with Crippen LogP contribution in [0, 0.1) is 0 Å². The molecular weight excluding hydrogens is 338 g/mol. The highest BCUT2D eigenvalue weighted by molar-refractivity contribution is 5.97. The molecule has 0 saturated carbocycles. The maximum Gasteiger partial charge on any atom is 0.319 e. The van der Waals surface area contributed by atoms with Crippen molar-refractivity contribution in [3.63, 3.8) is 0 Å². The van der Waals surface area contributed by atoms with E-state index in [-0.39, 0.29) is 11.9 Å². The molecule has 0 saturated heterocycles. The second-order valence-electron chi connectivity index (χ2n) is 6.86. The summed E-state index contributed by atoms with van der Waals surface area (Å²) in [5, 5.41) is 5.78. The smallest absolute Gasteiger partial charge is 0.319 e. The van der Waals surface area contributed by atoms with Crippen molar-refractivity contribution in [2.75, 3.05) is 23.3 Å². The Bertz CT molecular complexity index is 789. The van der Waals surface area contributed by atoms with Crippen LogP contribution in [0.1, 0.15) is 37.3 Å². The minimum absolute atomic E-state index is 0.190. The number of nitrogens with zero attached hydrogens (tertiary/aromatic N) is 1. The van der Waals surface area contributed by atoms with E-state index in [1.54, 1.807) is 0 Å². The molecule has 3 rings (SSSR count). The molecule has 142 valence electrons. The quantitative estimate of drug-likeness (QED) is 0.775. The monoisotopic (exact) mass is 365 g/mol. The van der Waals surface area contributed by atoms with Gasteiger partial charge in [0.05, 0.1) is 0 Å². The van der Waals surface area contributed by atoms with Gasteiger partial charge in [-0.3, -0.25) is 4.79 Å². The predicted molar refractivity (Wildman–Crippen MR) is 109 cm³/mol. The molecule has 2 aromatic rings. The topological polar surface area (TPSA) is 61.4 Å². The zero-order chi connectivity index (χ0) is 19.1. The number of urea groups is 1. The summed E-state index contributed by atoms with van der Waals surface area (Å²) in [6.07, 6.45) is 4.11. The average Bonchev–Trinajstić information content (AvgIpc) is 2.68. The fourth-order valence-corrected chi connectivity index (χ4v) is 3.34. The molecule has 1 aliphatic heterocycles. The summed E-state index contributed by atoms with van der Waals surface area (Å²) in [6, 6.07) is 15.7. The summed E-state index contributed by atoms with van der Waals surface area (Å²) in [4.78, 5) is 26.2. The highest BCUT2D eigenvalue weighted by Gasteiger charge is 2.23. The fourth-order valence-electron chi connectivity index (χ4n) is 3.34. The van der Waals surface area contributed by atoms with Crippen LogP contribution < -0.4 is 15.5 Å². The maximum absolute atomic E-state index is 12.2. The van der Waals surface area contributed by atoms with Gasteiger partial charge in [-0.25, -0.2) is 4.79 Å². The number of unbranched alkanes of at least 4 members (excludes halogenated alkanes) is 1. The lowest BCUT2D eigenvalue weighted by Crippen LogP contribution is -2.36. The first kappa shape index (κ1) is 19.0. The molecule has 0 aliphatic carbocycles.